The van der Waals surface area contributed by atoms with Gasteiger partial charge in [-0.15, -0.1) is 0 Å². The lowest BCUT2D eigenvalue weighted by atomic mass is 9.89. The highest BCUT2D eigenvalue weighted by molar-refractivity contribution is 5.98. The number of rotatable bonds is 5. The second-order valence-corrected chi connectivity index (χ2v) is 5.83. The van der Waals surface area contributed by atoms with Crippen molar-refractivity contribution >= 4 is 17.4 Å². The average molecular weight is 266 g/mol. The maximum atomic E-state index is 11.3. The molecule has 0 saturated heterocycles. The van der Waals surface area contributed by atoms with Gasteiger partial charge < -0.3 is 21.9 Å². The second kappa shape index (κ2) is 5.88. The number of primary amides is 1. The monoisotopic (exact) mass is 266 g/mol. The Morgan fingerprint density at radius 2 is 2.16 bits per heavy atom. The minimum atomic E-state index is -0.604. The Hall–Kier alpha value is -1.82. The summed E-state index contributed by atoms with van der Waals surface area (Å²) in [6.07, 6.45) is 1.55. The smallest absolute Gasteiger partial charge is 0.252 e. The van der Waals surface area contributed by atoms with Crippen LogP contribution in [0.15, 0.2) is 12.3 Å². The van der Waals surface area contributed by atoms with Crippen LogP contribution in [0.1, 0.15) is 37.6 Å². The van der Waals surface area contributed by atoms with Crippen molar-refractivity contribution in [2.75, 3.05) is 17.6 Å². The van der Waals surface area contributed by atoms with E-state index in [-0.39, 0.29) is 11.0 Å². The molecule has 106 valence electrons. The Morgan fingerprint density at radius 1 is 1.53 bits per heavy atom. The van der Waals surface area contributed by atoms with Crippen molar-refractivity contribution in [2.24, 2.45) is 11.1 Å². The highest BCUT2D eigenvalue weighted by Gasteiger charge is 2.17. The molecule has 0 aliphatic carbocycles. The van der Waals surface area contributed by atoms with Crippen molar-refractivity contribution in [2.45, 2.75) is 33.3 Å². The summed E-state index contributed by atoms with van der Waals surface area (Å²) in [5, 5.41) is 12.8. The predicted molar refractivity (Wildman–Crippen MR) is 75.7 cm³/mol. The number of carbonyl (C=O) groups is 1. The standard InChI is InChI=1S/C13H22N4O2/c1-13(2,3)5-9(18)7-17-12-10(11(15)19)4-8(14)6-16-12/h4,6,9,18H,5,7,14H2,1-3H3,(H2,15,19)(H,16,17). The lowest BCUT2D eigenvalue weighted by molar-refractivity contribution is 0.1000. The van der Waals surface area contributed by atoms with E-state index in [2.05, 4.69) is 10.3 Å². The molecule has 1 unspecified atom stereocenters. The first-order valence-corrected chi connectivity index (χ1v) is 6.16. The molecule has 19 heavy (non-hydrogen) atoms. The Balaban J connectivity index is 2.70. The lowest BCUT2D eigenvalue weighted by Crippen LogP contribution is -2.26. The molecule has 0 aliphatic heterocycles. The molecule has 0 bridgehead atoms. The van der Waals surface area contributed by atoms with Crippen LogP contribution >= 0.6 is 0 Å². The van der Waals surface area contributed by atoms with Crippen molar-refractivity contribution in [3.63, 3.8) is 0 Å². The second-order valence-electron chi connectivity index (χ2n) is 5.83. The molecule has 0 fully saturated rings. The van der Waals surface area contributed by atoms with Crippen LogP contribution in [0, 0.1) is 5.41 Å². The fourth-order valence-electron chi connectivity index (χ4n) is 1.80. The first-order valence-electron chi connectivity index (χ1n) is 6.16. The highest BCUT2D eigenvalue weighted by atomic mass is 16.3. The van der Waals surface area contributed by atoms with Crippen LogP contribution < -0.4 is 16.8 Å². The fraction of sp³-hybridized carbons (Fsp3) is 0.538. The van der Waals surface area contributed by atoms with Gasteiger partial charge in [0.15, 0.2) is 0 Å². The van der Waals surface area contributed by atoms with E-state index in [1.54, 1.807) is 0 Å². The Morgan fingerprint density at radius 3 is 2.68 bits per heavy atom. The third-order valence-corrected chi connectivity index (χ3v) is 2.53. The van der Waals surface area contributed by atoms with Gasteiger partial charge >= 0.3 is 0 Å². The summed E-state index contributed by atoms with van der Waals surface area (Å²) in [5.74, 6) is -0.262. The number of amides is 1. The number of hydrogen-bond acceptors (Lipinski definition) is 5. The number of anilines is 2. The minimum Gasteiger partial charge on any atom is -0.397 e. The molecule has 6 N–H and O–H groups in total. The molecule has 0 aliphatic rings. The normalized spacial score (nSPS) is 13.1. The molecule has 1 aromatic heterocycles. The number of aliphatic hydroxyl groups is 1. The molecule has 1 amide bonds. The van der Waals surface area contributed by atoms with Gasteiger partial charge in [0.25, 0.3) is 5.91 Å². The number of pyridine rings is 1. The molecular weight excluding hydrogens is 244 g/mol. The zero-order valence-electron chi connectivity index (χ0n) is 11.6. The summed E-state index contributed by atoms with van der Waals surface area (Å²) in [5.41, 5.74) is 11.4. The third-order valence-electron chi connectivity index (χ3n) is 2.53. The van der Waals surface area contributed by atoms with E-state index in [1.165, 1.54) is 12.3 Å². The van der Waals surface area contributed by atoms with Gasteiger partial charge in [0.05, 0.1) is 23.6 Å². The van der Waals surface area contributed by atoms with Gasteiger partial charge in [-0.25, -0.2) is 4.98 Å². The Bertz CT molecular complexity index is 454. The van der Waals surface area contributed by atoms with E-state index in [0.29, 0.717) is 24.5 Å². The Labute approximate surface area is 113 Å². The Kier molecular flexibility index (Phi) is 4.72. The van der Waals surface area contributed by atoms with Crippen LogP contribution in [-0.2, 0) is 0 Å². The number of aliphatic hydroxyl groups excluding tert-OH is 1. The molecule has 0 aromatic carbocycles. The zero-order chi connectivity index (χ0) is 14.6. The van der Waals surface area contributed by atoms with Crippen molar-refractivity contribution in [3.8, 4) is 0 Å². The fourth-order valence-corrected chi connectivity index (χ4v) is 1.80. The number of nitrogens with two attached hydrogens (primary N) is 2. The van der Waals surface area contributed by atoms with E-state index in [9.17, 15) is 9.90 Å². The van der Waals surface area contributed by atoms with Gasteiger partial charge in [0, 0.05) is 6.54 Å². The van der Waals surface area contributed by atoms with Crippen molar-refractivity contribution in [3.05, 3.63) is 17.8 Å². The summed E-state index contributed by atoms with van der Waals surface area (Å²) < 4.78 is 0. The maximum absolute atomic E-state index is 11.3. The number of nitrogen functional groups attached to an aromatic ring is 1. The largest absolute Gasteiger partial charge is 0.397 e. The first-order chi connectivity index (χ1) is 8.69. The molecular formula is C13H22N4O2. The lowest BCUT2D eigenvalue weighted by Gasteiger charge is -2.22. The van der Waals surface area contributed by atoms with Gasteiger partial charge in [-0.05, 0) is 17.9 Å². The van der Waals surface area contributed by atoms with Crippen LogP contribution in [0.25, 0.3) is 0 Å². The van der Waals surface area contributed by atoms with E-state index in [4.69, 9.17) is 11.5 Å². The molecule has 0 spiro atoms. The minimum absolute atomic E-state index is 0.0299. The highest BCUT2D eigenvalue weighted by Crippen LogP contribution is 2.21. The number of hydrogen-bond donors (Lipinski definition) is 4. The topological polar surface area (TPSA) is 114 Å². The third kappa shape index (κ3) is 5.13. The summed E-state index contributed by atoms with van der Waals surface area (Å²) in [7, 11) is 0. The molecule has 1 aromatic rings. The molecule has 1 atom stereocenters. The first kappa shape index (κ1) is 15.2. The van der Waals surface area contributed by atoms with Gasteiger partial charge in [0.1, 0.15) is 5.82 Å². The number of aromatic nitrogens is 1. The number of nitrogens with zero attached hydrogens (tertiary/aromatic N) is 1. The summed E-state index contributed by atoms with van der Waals surface area (Å²) >= 11 is 0. The van der Waals surface area contributed by atoms with E-state index in [1.807, 2.05) is 20.8 Å². The van der Waals surface area contributed by atoms with Crippen LogP contribution in [-0.4, -0.2) is 28.6 Å². The number of carbonyl (C=O) groups excluding carboxylic acids is 1. The van der Waals surface area contributed by atoms with Crippen LogP contribution in [0.5, 0.6) is 0 Å². The van der Waals surface area contributed by atoms with Crippen LogP contribution in [0.4, 0.5) is 11.5 Å². The average Bonchev–Trinajstić information content (AvgIpc) is 2.24. The summed E-state index contributed by atoms with van der Waals surface area (Å²) in [4.78, 5) is 15.3. The molecule has 6 heteroatoms. The van der Waals surface area contributed by atoms with Crippen LogP contribution in [0.3, 0.4) is 0 Å². The summed E-state index contributed by atoms with van der Waals surface area (Å²) in [6.45, 7) is 6.44. The van der Waals surface area contributed by atoms with Gasteiger partial charge in [-0.2, -0.15) is 0 Å². The molecule has 6 nitrogen and oxygen atoms in total. The number of nitrogens with one attached hydrogen (secondary N) is 1. The molecule has 0 radical (unpaired) electrons. The van der Waals surface area contributed by atoms with E-state index >= 15 is 0 Å². The van der Waals surface area contributed by atoms with Crippen LogP contribution in [0.2, 0.25) is 0 Å². The maximum Gasteiger partial charge on any atom is 0.252 e. The van der Waals surface area contributed by atoms with Gasteiger partial charge in [-0.3, -0.25) is 4.79 Å². The molecule has 1 rings (SSSR count). The SMILES string of the molecule is CC(C)(C)CC(O)CNc1ncc(N)cc1C(N)=O. The van der Waals surface area contributed by atoms with Crippen molar-refractivity contribution in [1.29, 1.82) is 0 Å². The van der Waals surface area contributed by atoms with Gasteiger partial charge in [-0.1, -0.05) is 20.8 Å². The van der Waals surface area contributed by atoms with Crippen molar-refractivity contribution in [1.82, 2.24) is 4.98 Å². The van der Waals surface area contributed by atoms with E-state index < -0.39 is 12.0 Å². The van der Waals surface area contributed by atoms with Crippen molar-refractivity contribution < 1.29 is 9.90 Å². The molecule has 0 saturated carbocycles. The predicted octanol–water partition coefficient (Wildman–Crippen LogP) is 0.972. The quantitative estimate of drug-likeness (QED) is 0.634. The zero-order valence-corrected chi connectivity index (χ0v) is 11.6. The summed E-state index contributed by atoms with van der Waals surface area (Å²) in [6, 6.07) is 1.47. The molecule has 1 heterocycles. The van der Waals surface area contributed by atoms with E-state index in [0.717, 1.165) is 0 Å². The van der Waals surface area contributed by atoms with Gasteiger partial charge in [0.2, 0.25) is 0 Å².